The van der Waals surface area contributed by atoms with Gasteiger partial charge in [0, 0.05) is 32.1 Å². The van der Waals surface area contributed by atoms with E-state index in [4.69, 9.17) is 4.74 Å². The van der Waals surface area contributed by atoms with Crippen LogP contribution in [0, 0.1) is 17.8 Å². The van der Waals surface area contributed by atoms with Crippen LogP contribution in [0.2, 0.25) is 0 Å². The van der Waals surface area contributed by atoms with Crippen molar-refractivity contribution in [3.8, 4) is 0 Å². The molecule has 3 rings (SSSR count). The van der Waals surface area contributed by atoms with Gasteiger partial charge in [-0.05, 0) is 55.1 Å². The molecule has 2 aromatic carbocycles. The van der Waals surface area contributed by atoms with Crippen molar-refractivity contribution in [2.75, 3.05) is 19.6 Å². The number of benzene rings is 2. The molecule has 5 atom stereocenters. The Balaban J connectivity index is 1.58. The summed E-state index contributed by atoms with van der Waals surface area (Å²) in [4.78, 5) is 36.6. The summed E-state index contributed by atoms with van der Waals surface area (Å²) in [6.45, 7) is 6.14. The molecule has 1 aliphatic rings. The number of ether oxygens (including phenoxy) is 1. The maximum absolute atomic E-state index is 13.4. The smallest absolute Gasteiger partial charge is 0.407 e. The molecule has 13 heteroatoms. The van der Waals surface area contributed by atoms with Crippen LogP contribution in [0.25, 0.3) is 0 Å². The van der Waals surface area contributed by atoms with Crippen molar-refractivity contribution in [2.24, 2.45) is 17.8 Å². The van der Waals surface area contributed by atoms with Gasteiger partial charge in [-0.2, -0.15) is 17.4 Å². The Bertz CT molecular complexity index is 1380. The summed E-state index contributed by atoms with van der Waals surface area (Å²) >= 11 is 0. The predicted octanol–water partition coefficient (Wildman–Crippen LogP) is 3.98. The van der Waals surface area contributed by atoms with Crippen LogP contribution in [0.3, 0.4) is 0 Å². The third-order valence-corrected chi connectivity index (χ3v) is 9.84. The van der Waals surface area contributed by atoms with Crippen molar-refractivity contribution >= 4 is 28.2 Å². The average Bonchev–Trinajstić information content (AvgIpc) is 3.49. The molecule has 1 fully saturated rings. The number of nitrogens with one attached hydrogen (secondary N) is 3. The molecule has 2 aromatic rings. The number of nitrogens with zero attached hydrogens (tertiary/aromatic N) is 1. The average molecular weight is 675 g/mol. The number of alkyl carbamates (subject to hydrolysis) is 1. The molecule has 5 N–H and O–H groups in total. The van der Waals surface area contributed by atoms with Crippen LogP contribution in [0.5, 0.6) is 0 Å². The molecule has 2 amide bonds. The van der Waals surface area contributed by atoms with Gasteiger partial charge < -0.3 is 25.6 Å². The predicted molar refractivity (Wildman–Crippen MR) is 178 cm³/mol. The molecule has 0 aliphatic heterocycles. The van der Waals surface area contributed by atoms with E-state index in [9.17, 15) is 33.0 Å². The minimum Gasteiger partial charge on any atom is -0.481 e. The molecule has 0 radical (unpaired) electrons. The van der Waals surface area contributed by atoms with Crippen LogP contribution in [0.4, 0.5) is 4.79 Å². The summed E-state index contributed by atoms with van der Waals surface area (Å²) in [5.74, 6) is -1.79. The number of carbonyl (C=O) groups excluding carboxylic acids is 2. The fraction of sp³-hybridized carbons (Fsp3) is 0.559. The highest BCUT2D eigenvalue weighted by molar-refractivity contribution is 7.87. The largest absolute Gasteiger partial charge is 0.481 e. The zero-order valence-corrected chi connectivity index (χ0v) is 28.3. The molecule has 0 saturated heterocycles. The molecule has 0 aromatic heterocycles. The van der Waals surface area contributed by atoms with Gasteiger partial charge in [0.1, 0.15) is 6.61 Å². The van der Waals surface area contributed by atoms with Gasteiger partial charge in [-0.15, -0.1) is 0 Å². The second-order valence-corrected chi connectivity index (χ2v) is 14.6. The zero-order chi connectivity index (χ0) is 34.4. The Morgan fingerprint density at radius 2 is 1.66 bits per heavy atom. The maximum atomic E-state index is 13.4. The monoisotopic (exact) mass is 674 g/mol. The number of carboxylic acids is 1. The van der Waals surface area contributed by atoms with Gasteiger partial charge >= 0.3 is 12.1 Å². The second kappa shape index (κ2) is 18.7. The van der Waals surface area contributed by atoms with Crippen molar-refractivity contribution in [1.29, 1.82) is 0 Å². The van der Waals surface area contributed by atoms with E-state index >= 15 is 0 Å². The fourth-order valence-corrected chi connectivity index (χ4v) is 7.03. The van der Waals surface area contributed by atoms with Crippen molar-refractivity contribution < 1.29 is 37.8 Å². The van der Waals surface area contributed by atoms with Crippen LogP contribution < -0.4 is 15.4 Å². The Morgan fingerprint density at radius 3 is 2.28 bits per heavy atom. The summed E-state index contributed by atoms with van der Waals surface area (Å²) < 4.78 is 36.0. The molecule has 1 saturated carbocycles. The van der Waals surface area contributed by atoms with Gasteiger partial charge in [0.25, 0.3) is 10.2 Å². The molecular formula is C34H50N4O8S. The Morgan fingerprint density at radius 1 is 1.00 bits per heavy atom. The molecule has 5 unspecified atom stereocenters. The lowest BCUT2D eigenvalue weighted by atomic mass is 9.99. The minimum atomic E-state index is -4.02. The molecular weight excluding hydrogens is 624 g/mol. The molecule has 12 nitrogen and oxygen atoms in total. The van der Waals surface area contributed by atoms with Gasteiger partial charge in [-0.3, -0.25) is 9.59 Å². The van der Waals surface area contributed by atoms with Gasteiger partial charge in [0.2, 0.25) is 5.91 Å². The number of amides is 2. The van der Waals surface area contributed by atoms with E-state index in [-0.39, 0.29) is 63.2 Å². The fourth-order valence-electron chi connectivity index (χ4n) is 5.53. The standard InChI is InChI=1S/C34H50N4O8S/c1-24(2)16-17-38(47(44,45)37-29-15-14-28(19-29)33(41)42)22-30(39)20-31(27-12-8-5-9-13-27)36-32(40)18-25(3)21-35-34(43)46-23-26-10-6-4-7-11-26/h4-13,24-25,28-31,37,39H,14-23H2,1-3H3,(H,35,43)(H,36,40)(H,41,42). The number of aliphatic hydroxyl groups excluding tert-OH is 1. The van der Waals surface area contributed by atoms with Crippen LogP contribution >= 0.6 is 0 Å². The number of carboxylic acid groups (broad SMARTS) is 1. The lowest BCUT2D eigenvalue weighted by Gasteiger charge is -2.29. The summed E-state index contributed by atoms with van der Waals surface area (Å²) in [5, 5.41) is 26.2. The zero-order valence-electron chi connectivity index (χ0n) is 27.5. The highest BCUT2D eigenvalue weighted by Gasteiger charge is 2.35. The molecule has 0 bridgehead atoms. The van der Waals surface area contributed by atoms with Crippen LogP contribution in [0.1, 0.15) is 76.5 Å². The molecule has 1 aliphatic carbocycles. The Hall–Kier alpha value is -3.52. The number of hydrogen-bond donors (Lipinski definition) is 5. The third-order valence-electron chi connectivity index (χ3n) is 8.19. The summed E-state index contributed by atoms with van der Waals surface area (Å²) in [5.41, 5.74) is 1.62. The topological polar surface area (TPSA) is 174 Å². The molecule has 260 valence electrons. The van der Waals surface area contributed by atoms with Gasteiger partial charge in [0.05, 0.1) is 18.1 Å². The quantitative estimate of drug-likeness (QED) is 0.149. The van der Waals surface area contributed by atoms with E-state index in [1.54, 1.807) is 0 Å². The lowest BCUT2D eigenvalue weighted by Crippen LogP contribution is -2.48. The van der Waals surface area contributed by atoms with Crippen molar-refractivity contribution in [2.45, 2.75) is 84.1 Å². The van der Waals surface area contributed by atoms with Crippen LogP contribution in [0.15, 0.2) is 60.7 Å². The first-order chi connectivity index (χ1) is 22.3. The van der Waals surface area contributed by atoms with E-state index in [0.717, 1.165) is 11.1 Å². The summed E-state index contributed by atoms with van der Waals surface area (Å²) in [6.07, 6.45) is 0.110. The highest BCUT2D eigenvalue weighted by Crippen LogP contribution is 2.27. The first-order valence-electron chi connectivity index (χ1n) is 16.3. The van der Waals surface area contributed by atoms with Crippen LogP contribution in [-0.4, -0.2) is 72.7 Å². The number of carbonyl (C=O) groups is 3. The minimum absolute atomic E-state index is 0.0619. The van der Waals surface area contributed by atoms with Crippen LogP contribution in [-0.2, 0) is 31.1 Å². The number of rotatable bonds is 19. The summed E-state index contributed by atoms with van der Waals surface area (Å²) in [6, 6.07) is 17.4. The Kier molecular flexibility index (Phi) is 15.1. The van der Waals surface area contributed by atoms with E-state index in [2.05, 4.69) is 15.4 Å². The van der Waals surface area contributed by atoms with Crippen molar-refractivity contribution in [1.82, 2.24) is 19.7 Å². The highest BCUT2D eigenvalue weighted by atomic mass is 32.2. The number of aliphatic hydroxyl groups is 1. The normalized spacial score (nSPS) is 18.4. The maximum Gasteiger partial charge on any atom is 0.407 e. The van der Waals surface area contributed by atoms with Crippen molar-refractivity contribution in [3.63, 3.8) is 0 Å². The van der Waals surface area contributed by atoms with E-state index in [1.807, 2.05) is 81.4 Å². The molecule has 0 heterocycles. The molecule has 47 heavy (non-hydrogen) atoms. The lowest BCUT2D eigenvalue weighted by molar-refractivity contribution is -0.141. The van der Waals surface area contributed by atoms with E-state index in [1.165, 1.54) is 4.31 Å². The number of hydrogen-bond acceptors (Lipinski definition) is 7. The van der Waals surface area contributed by atoms with Gasteiger partial charge in [0.15, 0.2) is 0 Å². The second-order valence-electron chi connectivity index (χ2n) is 12.9. The van der Waals surface area contributed by atoms with E-state index in [0.29, 0.717) is 19.3 Å². The SMILES string of the molecule is CC(C)CCN(CC(O)CC(NC(=O)CC(C)CNC(=O)OCc1ccccc1)c1ccccc1)S(=O)(=O)NC1CCC(C(=O)O)C1. The Labute approximate surface area is 278 Å². The van der Waals surface area contributed by atoms with Gasteiger partial charge in [-0.1, -0.05) is 81.4 Å². The van der Waals surface area contributed by atoms with Gasteiger partial charge in [-0.25, -0.2) is 4.79 Å². The number of aliphatic carboxylic acids is 1. The third kappa shape index (κ3) is 13.6. The molecule has 0 spiro atoms. The first-order valence-corrected chi connectivity index (χ1v) is 17.7. The van der Waals surface area contributed by atoms with Crippen molar-refractivity contribution in [3.05, 3.63) is 71.8 Å². The van der Waals surface area contributed by atoms with E-state index < -0.39 is 46.4 Å². The first kappa shape index (κ1) is 37.9. The summed E-state index contributed by atoms with van der Waals surface area (Å²) in [7, 11) is -4.02.